The first-order valence-corrected chi connectivity index (χ1v) is 9.69. The summed E-state index contributed by atoms with van der Waals surface area (Å²) in [5.74, 6) is -0.164. The predicted molar refractivity (Wildman–Crippen MR) is 105 cm³/mol. The Morgan fingerprint density at radius 3 is 2.56 bits per heavy atom. The lowest BCUT2D eigenvalue weighted by atomic mass is 10.2. The maximum atomic E-state index is 12.4. The molecule has 1 N–H and O–H groups in total. The van der Waals surface area contributed by atoms with Crippen molar-refractivity contribution in [3.63, 3.8) is 0 Å². The summed E-state index contributed by atoms with van der Waals surface area (Å²) in [6.07, 6.45) is 0.814. The molecule has 140 valence electrons. The smallest absolute Gasteiger partial charge is 0.339 e. The second kappa shape index (κ2) is 10.4. The number of nitrogens with zero attached hydrogens (tertiary/aromatic N) is 1. The summed E-state index contributed by atoms with van der Waals surface area (Å²) >= 11 is 1.51. The number of carbonyl (C=O) groups is 2. The number of ether oxygens (including phenoxy) is 1. The average molecular weight is 382 g/mol. The van der Waals surface area contributed by atoms with Crippen LogP contribution in [0.3, 0.4) is 0 Å². The molecular weight excluding hydrogens is 360 g/mol. The zero-order chi connectivity index (χ0) is 19.6. The summed E-state index contributed by atoms with van der Waals surface area (Å²) in [7, 11) is 0. The summed E-state index contributed by atoms with van der Waals surface area (Å²) in [4.78, 5) is 24.9. The lowest BCUT2D eigenvalue weighted by Crippen LogP contribution is -2.35. The van der Waals surface area contributed by atoms with Gasteiger partial charge in [-0.25, -0.2) is 4.79 Å². The molecule has 6 heteroatoms. The molecular formula is C21H22N2O3S. The highest BCUT2D eigenvalue weighted by Gasteiger charge is 2.15. The van der Waals surface area contributed by atoms with Crippen molar-refractivity contribution in [2.24, 2.45) is 0 Å². The largest absolute Gasteiger partial charge is 0.452 e. The molecule has 0 saturated heterocycles. The topological polar surface area (TPSA) is 79.2 Å². The van der Waals surface area contributed by atoms with E-state index in [2.05, 4.69) is 11.4 Å². The number of benzene rings is 2. The van der Waals surface area contributed by atoms with Gasteiger partial charge in [0.25, 0.3) is 5.91 Å². The number of carbonyl (C=O) groups excluding carboxylic acids is 2. The first kappa shape index (κ1) is 20.5. The number of thioether (sulfide) groups is 1. The van der Waals surface area contributed by atoms with Crippen molar-refractivity contribution < 1.29 is 14.3 Å². The molecule has 0 aliphatic carbocycles. The van der Waals surface area contributed by atoms with Gasteiger partial charge in [0.2, 0.25) is 0 Å². The van der Waals surface area contributed by atoms with Crippen LogP contribution in [-0.2, 0) is 15.3 Å². The van der Waals surface area contributed by atoms with Gasteiger partial charge in [-0.2, -0.15) is 5.26 Å². The maximum absolute atomic E-state index is 12.4. The van der Waals surface area contributed by atoms with E-state index in [1.54, 1.807) is 24.3 Å². The van der Waals surface area contributed by atoms with Gasteiger partial charge in [0, 0.05) is 16.7 Å². The van der Waals surface area contributed by atoms with Crippen LogP contribution in [-0.4, -0.2) is 24.5 Å². The molecule has 0 aliphatic heterocycles. The SMILES string of the molecule is CC[C@@H](C)NC(=O)COC(=O)c1ccccc1SCc1ccc(C#N)cc1. The van der Waals surface area contributed by atoms with Gasteiger partial charge < -0.3 is 10.1 Å². The summed E-state index contributed by atoms with van der Waals surface area (Å²) < 4.78 is 5.16. The Morgan fingerprint density at radius 1 is 1.19 bits per heavy atom. The quantitative estimate of drug-likeness (QED) is 0.553. The Hall–Kier alpha value is -2.78. The van der Waals surface area contributed by atoms with E-state index in [0.717, 1.165) is 16.9 Å². The van der Waals surface area contributed by atoms with Crippen molar-refractivity contribution in [3.8, 4) is 6.07 Å². The van der Waals surface area contributed by atoms with E-state index < -0.39 is 5.97 Å². The normalized spacial score (nSPS) is 11.3. The Balaban J connectivity index is 1.96. The number of hydrogen-bond acceptors (Lipinski definition) is 5. The van der Waals surface area contributed by atoms with Crippen LogP contribution < -0.4 is 5.32 Å². The Bertz CT molecular complexity index is 828. The summed E-state index contributed by atoms with van der Waals surface area (Å²) in [5, 5.41) is 11.6. The molecule has 0 radical (unpaired) electrons. The first-order chi connectivity index (χ1) is 13.0. The van der Waals surface area contributed by atoms with Gasteiger partial charge in [-0.1, -0.05) is 31.2 Å². The molecule has 2 aromatic carbocycles. The standard InChI is InChI=1S/C21H22N2O3S/c1-3-15(2)23-20(24)13-26-21(25)18-6-4-5-7-19(18)27-14-17-10-8-16(12-22)9-11-17/h4-11,15H,3,13-14H2,1-2H3,(H,23,24)/t15-/m1/s1. The molecule has 0 fully saturated rings. The molecule has 0 unspecified atom stereocenters. The zero-order valence-corrected chi connectivity index (χ0v) is 16.2. The van der Waals surface area contributed by atoms with E-state index in [1.165, 1.54) is 11.8 Å². The van der Waals surface area contributed by atoms with Gasteiger partial charge in [0.05, 0.1) is 17.2 Å². The highest BCUT2D eigenvalue weighted by molar-refractivity contribution is 7.98. The van der Waals surface area contributed by atoms with Gasteiger partial charge in [0.1, 0.15) is 0 Å². The van der Waals surface area contributed by atoms with Gasteiger partial charge >= 0.3 is 5.97 Å². The Labute approximate surface area is 163 Å². The minimum absolute atomic E-state index is 0.0477. The molecule has 2 aromatic rings. The predicted octanol–water partition coefficient (Wildman–Crippen LogP) is 3.92. The van der Waals surface area contributed by atoms with E-state index in [0.29, 0.717) is 16.9 Å². The maximum Gasteiger partial charge on any atom is 0.339 e. The van der Waals surface area contributed by atoms with Crippen LogP contribution in [0.2, 0.25) is 0 Å². The van der Waals surface area contributed by atoms with Crippen LogP contribution in [0.4, 0.5) is 0 Å². The molecule has 0 bridgehead atoms. The number of rotatable bonds is 8. The fourth-order valence-electron chi connectivity index (χ4n) is 2.23. The number of amides is 1. The lowest BCUT2D eigenvalue weighted by molar-refractivity contribution is -0.124. The average Bonchev–Trinajstić information content (AvgIpc) is 2.71. The Kier molecular flexibility index (Phi) is 7.90. The first-order valence-electron chi connectivity index (χ1n) is 8.70. The molecule has 0 spiro atoms. The number of nitriles is 1. The highest BCUT2D eigenvalue weighted by Crippen LogP contribution is 2.27. The van der Waals surface area contributed by atoms with Crippen molar-refractivity contribution in [1.29, 1.82) is 5.26 Å². The van der Waals surface area contributed by atoms with Crippen LogP contribution in [0, 0.1) is 11.3 Å². The van der Waals surface area contributed by atoms with E-state index in [-0.39, 0.29) is 18.6 Å². The number of nitrogens with one attached hydrogen (secondary N) is 1. The van der Waals surface area contributed by atoms with Crippen molar-refractivity contribution in [1.82, 2.24) is 5.32 Å². The number of esters is 1. The monoisotopic (exact) mass is 382 g/mol. The second-order valence-corrected chi connectivity index (χ2v) is 7.06. The third-order valence-corrected chi connectivity index (χ3v) is 5.08. The molecule has 2 rings (SSSR count). The van der Waals surface area contributed by atoms with Crippen LogP contribution in [0.1, 0.15) is 41.8 Å². The molecule has 5 nitrogen and oxygen atoms in total. The van der Waals surface area contributed by atoms with Gasteiger partial charge in [0.15, 0.2) is 6.61 Å². The van der Waals surface area contributed by atoms with Crippen LogP contribution in [0.15, 0.2) is 53.4 Å². The third kappa shape index (κ3) is 6.46. The second-order valence-electron chi connectivity index (χ2n) is 6.05. The molecule has 0 saturated carbocycles. The van der Waals surface area contributed by atoms with Crippen LogP contribution >= 0.6 is 11.8 Å². The van der Waals surface area contributed by atoms with Crippen LogP contribution in [0.25, 0.3) is 0 Å². The third-order valence-electron chi connectivity index (χ3n) is 3.94. The molecule has 1 atom stereocenters. The zero-order valence-electron chi connectivity index (χ0n) is 15.4. The van der Waals surface area contributed by atoms with Crippen molar-refractivity contribution >= 4 is 23.6 Å². The fourth-order valence-corrected chi connectivity index (χ4v) is 3.22. The number of hydrogen-bond donors (Lipinski definition) is 1. The molecule has 27 heavy (non-hydrogen) atoms. The minimum atomic E-state index is -0.516. The van der Waals surface area contributed by atoms with Crippen molar-refractivity contribution in [2.75, 3.05) is 6.61 Å². The molecule has 0 heterocycles. The van der Waals surface area contributed by atoms with Crippen molar-refractivity contribution in [2.45, 2.75) is 37.0 Å². The summed E-state index contributed by atoms with van der Waals surface area (Å²) in [6.45, 7) is 3.57. The van der Waals surface area contributed by atoms with E-state index >= 15 is 0 Å². The van der Waals surface area contributed by atoms with Gasteiger partial charge in [-0.05, 0) is 43.2 Å². The van der Waals surface area contributed by atoms with E-state index in [4.69, 9.17) is 10.00 Å². The van der Waals surface area contributed by atoms with Gasteiger partial charge in [-0.3, -0.25) is 4.79 Å². The Morgan fingerprint density at radius 2 is 1.89 bits per heavy atom. The molecule has 1 amide bonds. The van der Waals surface area contributed by atoms with Crippen molar-refractivity contribution in [3.05, 3.63) is 65.2 Å². The molecule has 0 aromatic heterocycles. The summed E-state index contributed by atoms with van der Waals surface area (Å²) in [5.41, 5.74) is 2.10. The molecule has 0 aliphatic rings. The highest BCUT2D eigenvalue weighted by atomic mass is 32.2. The van der Waals surface area contributed by atoms with E-state index in [1.807, 2.05) is 38.1 Å². The van der Waals surface area contributed by atoms with Gasteiger partial charge in [-0.15, -0.1) is 11.8 Å². The lowest BCUT2D eigenvalue weighted by Gasteiger charge is -2.12. The summed E-state index contributed by atoms with van der Waals surface area (Å²) in [6, 6.07) is 16.6. The van der Waals surface area contributed by atoms with Crippen LogP contribution in [0.5, 0.6) is 0 Å². The van der Waals surface area contributed by atoms with E-state index in [9.17, 15) is 9.59 Å². The fraction of sp³-hybridized carbons (Fsp3) is 0.286. The minimum Gasteiger partial charge on any atom is -0.452 e.